The van der Waals surface area contributed by atoms with Gasteiger partial charge < -0.3 is 10.2 Å². The number of carbonyl (C=O) groups excluding carboxylic acids is 1. The van der Waals surface area contributed by atoms with Crippen molar-refractivity contribution < 1.29 is 9.21 Å². The Bertz CT molecular complexity index is 320. The number of carbonyl (C=O) groups is 1. The van der Waals surface area contributed by atoms with Crippen LogP contribution in [0.1, 0.15) is 19.6 Å². The molecule has 0 aliphatic heterocycles. The molecule has 14 heavy (non-hydrogen) atoms. The van der Waals surface area contributed by atoms with Crippen LogP contribution in [0.25, 0.3) is 0 Å². The predicted octanol–water partition coefficient (Wildman–Crippen LogP) is 2.19. The Morgan fingerprint density at radius 1 is 1.57 bits per heavy atom. The Hall–Kier alpha value is -0.900. The van der Waals surface area contributed by atoms with E-state index in [0.717, 1.165) is 10.7 Å². The monoisotopic (exact) mass is 213 g/mol. The predicted molar refractivity (Wildman–Crippen MR) is 57.1 cm³/mol. The van der Waals surface area contributed by atoms with E-state index in [0.29, 0.717) is 0 Å². The topological polar surface area (TPSA) is 56.2 Å². The summed E-state index contributed by atoms with van der Waals surface area (Å²) in [6.07, 6.45) is 1.62. The summed E-state index contributed by atoms with van der Waals surface area (Å²) in [7, 11) is 0. The minimum absolute atomic E-state index is 0.189. The van der Waals surface area contributed by atoms with Gasteiger partial charge in [-0.25, -0.2) is 0 Å². The molecule has 1 aromatic rings. The zero-order valence-corrected chi connectivity index (χ0v) is 9.43. The molecule has 1 aromatic heterocycles. The number of hydrogen-bond donors (Lipinski definition) is 1. The lowest BCUT2D eigenvalue weighted by molar-refractivity contribution is -0.118. The minimum Gasteiger partial charge on any atom is -0.468 e. The van der Waals surface area contributed by atoms with Crippen molar-refractivity contribution in [1.82, 2.24) is 0 Å². The fraction of sp³-hybridized carbons (Fsp3) is 0.500. The molecule has 1 rings (SSSR count). The first-order valence-corrected chi connectivity index (χ1v) is 5.40. The summed E-state index contributed by atoms with van der Waals surface area (Å²) in [5, 5.41) is -0.189. The second-order valence-corrected chi connectivity index (χ2v) is 4.71. The maximum absolute atomic E-state index is 11.1. The summed E-state index contributed by atoms with van der Waals surface area (Å²) in [4.78, 5) is 12.1. The maximum Gasteiger partial charge on any atom is 0.231 e. The van der Waals surface area contributed by atoms with Crippen LogP contribution in [0.4, 0.5) is 0 Å². The highest BCUT2D eigenvalue weighted by Crippen LogP contribution is 2.30. The molecule has 1 unspecified atom stereocenters. The molecule has 0 radical (unpaired) electrons. The second-order valence-electron chi connectivity index (χ2n) is 3.53. The SMILES string of the molecule is Cc1occc1SC(C(N)=O)C(C)C. The van der Waals surface area contributed by atoms with E-state index in [4.69, 9.17) is 10.2 Å². The molecule has 0 bridgehead atoms. The van der Waals surface area contributed by atoms with Crippen molar-refractivity contribution in [3.05, 3.63) is 18.1 Å². The molecular formula is C10H15NO2S. The number of thioether (sulfide) groups is 1. The molecule has 0 fully saturated rings. The quantitative estimate of drug-likeness (QED) is 0.780. The van der Waals surface area contributed by atoms with Gasteiger partial charge in [0.1, 0.15) is 5.76 Å². The van der Waals surface area contributed by atoms with Crippen LogP contribution in [-0.2, 0) is 4.79 Å². The average molecular weight is 213 g/mol. The standard InChI is InChI=1S/C10H15NO2S/c1-6(2)9(10(11)12)14-8-4-5-13-7(8)3/h4-6,9H,1-3H3,(H2,11,12). The van der Waals surface area contributed by atoms with Gasteiger partial charge >= 0.3 is 0 Å². The lowest BCUT2D eigenvalue weighted by Crippen LogP contribution is -2.30. The van der Waals surface area contributed by atoms with Gasteiger partial charge in [-0.05, 0) is 18.9 Å². The smallest absolute Gasteiger partial charge is 0.231 e. The lowest BCUT2D eigenvalue weighted by atomic mass is 10.1. The first-order chi connectivity index (χ1) is 6.52. The Morgan fingerprint density at radius 2 is 2.21 bits per heavy atom. The number of amides is 1. The van der Waals surface area contributed by atoms with Crippen LogP contribution in [0.15, 0.2) is 21.6 Å². The molecule has 1 atom stereocenters. The summed E-state index contributed by atoms with van der Waals surface area (Å²) in [6, 6.07) is 1.86. The number of nitrogens with two attached hydrogens (primary N) is 1. The van der Waals surface area contributed by atoms with Crippen molar-refractivity contribution in [3.8, 4) is 0 Å². The minimum atomic E-state index is -0.273. The van der Waals surface area contributed by atoms with Crippen LogP contribution in [0.5, 0.6) is 0 Å². The van der Waals surface area contributed by atoms with Gasteiger partial charge in [0.2, 0.25) is 5.91 Å². The first kappa shape index (κ1) is 11.2. The van der Waals surface area contributed by atoms with E-state index < -0.39 is 0 Å². The molecule has 0 saturated carbocycles. The zero-order chi connectivity index (χ0) is 10.7. The summed E-state index contributed by atoms with van der Waals surface area (Å²) in [5.74, 6) is 0.791. The van der Waals surface area contributed by atoms with Crippen LogP contribution in [0.3, 0.4) is 0 Å². The highest BCUT2D eigenvalue weighted by molar-refractivity contribution is 8.00. The third kappa shape index (κ3) is 2.54. The summed E-state index contributed by atoms with van der Waals surface area (Å²) >= 11 is 1.47. The fourth-order valence-corrected chi connectivity index (χ4v) is 2.17. The third-order valence-corrected chi connectivity index (χ3v) is 3.66. The molecule has 3 nitrogen and oxygen atoms in total. The van der Waals surface area contributed by atoms with Crippen LogP contribution in [0, 0.1) is 12.8 Å². The van der Waals surface area contributed by atoms with Gasteiger partial charge in [-0.1, -0.05) is 13.8 Å². The molecule has 78 valence electrons. The average Bonchev–Trinajstić information content (AvgIpc) is 2.46. The molecular weight excluding hydrogens is 198 g/mol. The fourth-order valence-electron chi connectivity index (χ4n) is 1.16. The first-order valence-electron chi connectivity index (χ1n) is 4.52. The van der Waals surface area contributed by atoms with Gasteiger partial charge in [0, 0.05) is 4.90 Å². The van der Waals surface area contributed by atoms with Crippen molar-refractivity contribution in [2.24, 2.45) is 11.7 Å². The van der Waals surface area contributed by atoms with Gasteiger partial charge in [0.05, 0.1) is 11.5 Å². The maximum atomic E-state index is 11.1. The summed E-state index contributed by atoms with van der Waals surface area (Å²) in [5.41, 5.74) is 5.31. The van der Waals surface area contributed by atoms with E-state index in [9.17, 15) is 4.79 Å². The van der Waals surface area contributed by atoms with Crippen molar-refractivity contribution >= 4 is 17.7 Å². The van der Waals surface area contributed by atoms with E-state index in [-0.39, 0.29) is 17.1 Å². The van der Waals surface area contributed by atoms with Crippen molar-refractivity contribution in [2.45, 2.75) is 30.9 Å². The number of rotatable bonds is 4. The van der Waals surface area contributed by atoms with E-state index in [2.05, 4.69) is 0 Å². The normalized spacial score (nSPS) is 13.1. The number of aryl methyl sites for hydroxylation is 1. The highest BCUT2D eigenvalue weighted by Gasteiger charge is 2.22. The molecule has 0 aliphatic carbocycles. The van der Waals surface area contributed by atoms with Crippen LogP contribution in [0.2, 0.25) is 0 Å². The Labute approximate surface area is 88.0 Å². The molecule has 0 saturated heterocycles. The zero-order valence-electron chi connectivity index (χ0n) is 8.61. The van der Waals surface area contributed by atoms with E-state index in [1.54, 1.807) is 6.26 Å². The van der Waals surface area contributed by atoms with Crippen LogP contribution < -0.4 is 5.73 Å². The molecule has 0 aromatic carbocycles. The number of hydrogen-bond acceptors (Lipinski definition) is 3. The summed E-state index contributed by atoms with van der Waals surface area (Å²) < 4.78 is 5.15. The van der Waals surface area contributed by atoms with Crippen LogP contribution in [-0.4, -0.2) is 11.2 Å². The van der Waals surface area contributed by atoms with Gasteiger partial charge in [0.15, 0.2) is 0 Å². The molecule has 0 spiro atoms. The Balaban J connectivity index is 2.75. The third-order valence-electron chi connectivity index (χ3n) is 1.95. The van der Waals surface area contributed by atoms with Crippen LogP contribution >= 0.6 is 11.8 Å². The van der Waals surface area contributed by atoms with Gasteiger partial charge in [-0.2, -0.15) is 0 Å². The van der Waals surface area contributed by atoms with Crippen molar-refractivity contribution in [3.63, 3.8) is 0 Å². The van der Waals surface area contributed by atoms with E-state index >= 15 is 0 Å². The molecule has 0 aliphatic rings. The number of furan rings is 1. The molecule has 4 heteroatoms. The van der Waals surface area contributed by atoms with Gasteiger partial charge in [-0.3, -0.25) is 4.79 Å². The summed E-state index contributed by atoms with van der Waals surface area (Å²) in [6.45, 7) is 5.84. The van der Waals surface area contributed by atoms with Gasteiger partial charge in [-0.15, -0.1) is 11.8 Å². The van der Waals surface area contributed by atoms with Crippen molar-refractivity contribution in [2.75, 3.05) is 0 Å². The lowest BCUT2D eigenvalue weighted by Gasteiger charge is -2.15. The highest BCUT2D eigenvalue weighted by atomic mass is 32.2. The molecule has 2 N–H and O–H groups in total. The van der Waals surface area contributed by atoms with Gasteiger partial charge in [0.25, 0.3) is 0 Å². The Kier molecular flexibility index (Phi) is 3.63. The molecule has 1 heterocycles. The number of primary amides is 1. The van der Waals surface area contributed by atoms with Crippen molar-refractivity contribution in [1.29, 1.82) is 0 Å². The molecule has 1 amide bonds. The van der Waals surface area contributed by atoms with E-state index in [1.165, 1.54) is 11.8 Å². The van der Waals surface area contributed by atoms with E-state index in [1.807, 2.05) is 26.8 Å². The largest absolute Gasteiger partial charge is 0.468 e. The second kappa shape index (κ2) is 4.55. The Morgan fingerprint density at radius 3 is 2.57 bits per heavy atom.